The van der Waals surface area contributed by atoms with E-state index in [1.165, 1.54) is 12.8 Å². The minimum absolute atomic E-state index is 0.137. The fourth-order valence-corrected chi connectivity index (χ4v) is 1.60. The first kappa shape index (κ1) is 9.94. The Bertz CT molecular complexity index is 364. The van der Waals surface area contributed by atoms with Crippen molar-refractivity contribution in [3.8, 4) is 6.07 Å². The Labute approximate surface area is 88.8 Å². The predicted octanol–water partition coefficient (Wildman–Crippen LogP) is 0.914. The SMILES string of the molecule is N#Cc1ccc(N(CCO)C2CC2)nc1. The lowest BCUT2D eigenvalue weighted by atomic mass is 10.3. The molecule has 0 saturated heterocycles. The summed E-state index contributed by atoms with van der Waals surface area (Å²) >= 11 is 0. The number of aliphatic hydroxyl groups is 1. The van der Waals surface area contributed by atoms with Crippen molar-refractivity contribution >= 4 is 5.82 Å². The molecule has 1 heterocycles. The van der Waals surface area contributed by atoms with Crippen molar-refractivity contribution in [1.82, 2.24) is 4.98 Å². The van der Waals surface area contributed by atoms with Crippen LogP contribution in [0.4, 0.5) is 5.82 Å². The van der Waals surface area contributed by atoms with Gasteiger partial charge in [0, 0.05) is 18.8 Å². The Morgan fingerprint density at radius 1 is 1.53 bits per heavy atom. The smallest absolute Gasteiger partial charge is 0.128 e. The maximum absolute atomic E-state index is 8.95. The number of hydrogen-bond donors (Lipinski definition) is 1. The second kappa shape index (κ2) is 4.28. The van der Waals surface area contributed by atoms with Crippen molar-refractivity contribution in [1.29, 1.82) is 5.26 Å². The first-order valence-electron chi connectivity index (χ1n) is 5.09. The number of rotatable bonds is 4. The van der Waals surface area contributed by atoms with E-state index in [4.69, 9.17) is 10.4 Å². The summed E-state index contributed by atoms with van der Waals surface area (Å²) in [5, 5.41) is 17.6. The van der Waals surface area contributed by atoms with Crippen LogP contribution in [-0.4, -0.2) is 29.3 Å². The third kappa shape index (κ3) is 2.25. The van der Waals surface area contributed by atoms with Gasteiger partial charge in [0.15, 0.2) is 0 Å². The molecule has 0 amide bonds. The van der Waals surface area contributed by atoms with Gasteiger partial charge in [0.25, 0.3) is 0 Å². The Morgan fingerprint density at radius 2 is 2.33 bits per heavy atom. The third-order valence-corrected chi connectivity index (χ3v) is 2.50. The highest BCUT2D eigenvalue weighted by Crippen LogP contribution is 2.30. The van der Waals surface area contributed by atoms with E-state index in [0.29, 0.717) is 18.2 Å². The van der Waals surface area contributed by atoms with E-state index in [9.17, 15) is 0 Å². The molecule has 1 aliphatic carbocycles. The molecule has 0 aromatic carbocycles. The van der Waals surface area contributed by atoms with Crippen LogP contribution >= 0.6 is 0 Å². The maximum atomic E-state index is 8.95. The predicted molar refractivity (Wildman–Crippen MR) is 56.4 cm³/mol. The van der Waals surface area contributed by atoms with E-state index < -0.39 is 0 Å². The van der Waals surface area contributed by atoms with Crippen molar-refractivity contribution < 1.29 is 5.11 Å². The normalized spacial score (nSPS) is 14.7. The van der Waals surface area contributed by atoms with E-state index in [1.807, 2.05) is 12.1 Å². The molecule has 78 valence electrons. The van der Waals surface area contributed by atoms with E-state index in [1.54, 1.807) is 12.3 Å². The molecule has 0 atom stereocenters. The molecule has 1 aromatic heterocycles. The number of hydrogen-bond acceptors (Lipinski definition) is 4. The van der Waals surface area contributed by atoms with E-state index in [0.717, 1.165) is 5.82 Å². The van der Waals surface area contributed by atoms with Crippen LogP contribution in [0.3, 0.4) is 0 Å². The van der Waals surface area contributed by atoms with Gasteiger partial charge in [-0.2, -0.15) is 5.26 Å². The van der Waals surface area contributed by atoms with Crippen molar-refractivity contribution in [2.24, 2.45) is 0 Å². The molecule has 4 nitrogen and oxygen atoms in total. The topological polar surface area (TPSA) is 60.2 Å². The van der Waals surface area contributed by atoms with Crippen LogP contribution in [0.1, 0.15) is 18.4 Å². The average Bonchev–Trinajstić information content (AvgIpc) is 3.10. The quantitative estimate of drug-likeness (QED) is 0.790. The molecule has 1 aliphatic rings. The molecule has 1 saturated carbocycles. The summed E-state index contributed by atoms with van der Waals surface area (Å²) < 4.78 is 0. The standard InChI is InChI=1S/C11H13N3O/c12-7-9-1-4-11(13-8-9)14(5-6-15)10-2-3-10/h1,4,8,10,15H,2-3,5-6H2. The Hall–Kier alpha value is -1.60. The third-order valence-electron chi connectivity index (χ3n) is 2.50. The number of anilines is 1. The zero-order valence-electron chi connectivity index (χ0n) is 8.43. The van der Waals surface area contributed by atoms with Crippen LogP contribution in [0, 0.1) is 11.3 Å². The highest BCUT2D eigenvalue weighted by molar-refractivity contribution is 5.44. The summed E-state index contributed by atoms with van der Waals surface area (Å²) in [4.78, 5) is 6.32. The lowest BCUT2D eigenvalue weighted by molar-refractivity contribution is 0.301. The molecular formula is C11H13N3O. The highest BCUT2D eigenvalue weighted by Gasteiger charge is 2.29. The summed E-state index contributed by atoms with van der Waals surface area (Å²) in [5.74, 6) is 0.852. The molecule has 0 unspecified atom stereocenters. The molecule has 4 heteroatoms. The second-order valence-corrected chi connectivity index (χ2v) is 3.67. The number of nitrogens with zero attached hydrogens (tertiary/aromatic N) is 3. The molecule has 0 spiro atoms. The molecule has 1 N–H and O–H groups in total. The summed E-state index contributed by atoms with van der Waals surface area (Å²) in [5.41, 5.74) is 0.568. The molecule has 15 heavy (non-hydrogen) atoms. The van der Waals surface area contributed by atoms with Gasteiger partial charge in [-0.05, 0) is 25.0 Å². The van der Waals surface area contributed by atoms with Crippen LogP contribution in [0.2, 0.25) is 0 Å². The van der Waals surface area contributed by atoms with Gasteiger partial charge >= 0.3 is 0 Å². The monoisotopic (exact) mass is 203 g/mol. The van der Waals surface area contributed by atoms with Gasteiger partial charge in [0.2, 0.25) is 0 Å². The van der Waals surface area contributed by atoms with Crippen LogP contribution in [-0.2, 0) is 0 Å². The Balaban J connectivity index is 2.15. The van der Waals surface area contributed by atoms with E-state index in [2.05, 4.69) is 9.88 Å². The molecule has 1 fully saturated rings. The molecule has 0 bridgehead atoms. The van der Waals surface area contributed by atoms with Crippen molar-refractivity contribution in [2.45, 2.75) is 18.9 Å². The lowest BCUT2D eigenvalue weighted by Crippen LogP contribution is -2.29. The maximum Gasteiger partial charge on any atom is 0.128 e. The van der Waals surface area contributed by atoms with Gasteiger partial charge in [-0.1, -0.05) is 0 Å². The highest BCUT2D eigenvalue weighted by atomic mass is 16.3. The van der Waals surface area contributed by atoms with Crippen molar-refractivity contribution in [2.75, 3.05) is 18.1 Å². The van der Waals surface area contributed by atoms with Crippen molar-refractivity contribution in [3.05, 3.63) is 23.9 Å². The van der Waals surface area contributed by atoms with Crippen LogP contribution in [0.5, 0.6) is 0 Å². The summed E-state index contributed by atoms with van der Waals surface area (Å²) in [6, 6.07) is 6.16. The minimum Gasteiger partial charge on any atom is -0.395 e. The zero-order chi connectivity index (χ0) is 10.7. The molecule has 0 radical (unpaired) electrons. The van der Waals surface area contributed by atoms with Crippen LogP contribution in [0.15, 0.2) is 18.3 Å². The molecular weight excluding hydrogens is 190 g/mol. The van der Waals surface area contributed by atoms with Gasteiger partial charge in [0.05, 0.1) is 12.2 Å². The van der Waals surface area contributed by atoms with E-state index >= 15 is 0 Å². The van der Waals surface area contributed by atoms with E-state index in [-0.39, 0.29) is 6.61 Å². The van der Waals surface area contributed by atoms with Gasteiger partial charge in [-0.15, -0.1) is 0 Å². The second-order valence-electron chi connectivity index (χ2n) is 3.67. The number of aliphatic hydroxyl groups excluding tert-OH is 1. The lowest BCUT2D eigenvalue weighted by Gasteiger charge is -2.22. The average molecular weight is 203 g/mol. The zero-order valence-corrected chi connectivity index (χ0v) is 8.43. The molecule has 2 rings (SSSR count). The fourth-order valence-electron chi connectivity index (χ4n) is 1.60. The Morgan fingerprint density at radius 3 is 2.80 bits per heavy atom. The number of aromatic nitrogens is 1. The van der Waals surface area contributed by atoms with Crippen molar-refractivity contribution in [3.63, 3.8) is 0 Å². The Kier molecular flexibility index (Phi) is 2.84. The molecule has 0 aliphatic heterocycles. The summed E-state index contributed by atoms with van der Waals surface area (Å²) in [6.45, 7) is 0.752. The van der Waals surface area contributed by atoms with Gasteiger partial charge in [-0.25, -0.2) is 4.98 Å². The first-order valence-corrected chi connectivity index (χ1v) is 5.09. The fraction of sp³-hybridized carbons (Fsp3) is 0.455. The largest absolute Gasteiger partial charge is 0.395 e. The van der Waals surface area contributed by atoms with Crippen LogP contribution in [0.25, 0.3) is 0 Å². The number of pyridine rings is 1. The minimum atomic E-state index is 0.137. The first-order chi connectivity index (χ1) is 7.35. The van der Waals surface area contributed by atoms with Gasteiger partial charge in [-0.3, -0.25) is 0 Å². The van der Waals surface area contributed by atoms with Gasteiger partial charge in [0.1, 0.15) is 11.9 Å². The molecule has 1 aromatic rings. The van der Waals surface area contributed by atoms with Gasteiger partial charge < -0.3 is 10.0 Å². The van der Waals surface area contributed by atoms with Crippen LogP contribution < -0.4 is 4.90 Å². The summed E-state index contributed by atoms with van der Waals surface area (Å²) in [7, 11) is 0. The number of nitriles is 1. The summed E-state index contributed by atoms with van der Waals surface area (Å²) in [6.07, 6.45) is 3.91.